The van der Waals surface area contributed by atoms with Crippen molar-refractivity contribution in [1.29, 1.82) is 0 Å². The molecule has 0 aliphatic rings. The van der Waals surface area contributed by atoms with Crippen molar-refractivity contribution in [3.63, 3.8) is 0 Å². The van der Waals surface area contributed by atoms with Gasteiger partial charge in [-0.05, 0) is 18.6 Å². The number of nitrogens with zero attached hydrogens (tertiary/aromatic N) is 3. The molecule has 0 radical (unpaired) electrons. The molecule has 0 saturated carbocycles. The van der Waals surface area contributed by atoms with E-state index in [0.717, 1.165) is 22.9 Å². The lowest BCUT2D eigenvalue weighted by atomic mass is 10.1. The van der Waals surface area contributed by atoms with E-state index >= 15 is 0 Å². The second-order valence-corrected chi connectivity index (χ2v) is 4.64. The Hall–Kier alpha value is -2.27. The summed E-state index contributed by atoms with van der Waals surface area (Å²) in [6.07, 6.45) is 2.52. The summed E-state index contributed by atoms with van der Waals surface area (Å²) in [6, 6.07) is 9.61. The van der Waals surface area contributed by atoms with E-state index in [1.54, 1.807) is 6.20 Å². The van der Waals surface area contributed by atoms with Crippen molar-refractivity contribution in [2.45, 2.75) is 25.9 Å². The third-order valence-electron chi connectivity index (χ3n) is 3.18. The molecule has 5 nitrogen and oxygen atoms in total. The Labute approximate surface area is 116 Å². The van der Waals surface area contributed by atoms with Gasteiger partial charge in [0.1, 0.15) is 6.10 Å². The fourth-order valence-corrected chi connectivity index (χ4v) is 2.16. The van der Waals surface area contributed by atoms with Gasteiger partial charge in [-0.2, -0.15) is 4.98 Å². The Kier molecular flexibility index (Phi) is 3.43. The summed E-state index contributed by atoms with van der Waals surface area (Å²) >= 11 is 0. The first-order valence-electron chi connectivity index (χ1n) is 6.65. The number of aliphatic hydroxyl groups excluding tert-OH is 1. The summed E-state index contributed by atoms with van der Waals surface area (Å²) in [7, 11) is 0. The Morgan fingerprint density at radius 1 is 1.25 bits per heavy atom. The molecule has 0 aliphatic heterocycles. The Bertz CT molecular complexity index is 718. The number of aliphatic hydroxyl groups is 1. The molecule has 2 aromatic heterocycles. The third-order valence-corrected chi connectivity index (χ3v) is 3.18. The molecule has 3 rings (SSSR count). The van der Waals surface area contributed by atoms with Crippen LogP contribution in [0.1, 0.15) is 31.7 Å². The highest BCUT2D eigenvalue weighted by molar-refractivity contribution is 5.91. The van der Waals surface area contributed by atoms with Crippen LogP contribution in [0.15, 0.2) is 41.1 Å². The summed E-state index contributed by atoms with van der Waals surface area (Å²) in [5, 5.41) is 14.7. The van der Waals surface area contributed by atoms with Crippen molar-refractivity contribution >= 4 is 10.9 Å². The zero-order valence-corrected chi connectivity index (χ0v) is 11.2. The lowest BCUT2D eigenvalue weighted by Gasteiger charge is -2.02. The first kappa shape index (κ1) is 12.7. The first-order chi connectivity index (χ1) is 9.79. The van der Waals surface area contributed by atoms with Crippen LogP contribution in [0.25, 0.3) is 22.4 Å². The summed E-state index contributed by atoms with van der Waals surface area (Å²) in [6.45, 7) is 2.00. The van der Waals surface area contributed by atoms with E-state index in [0.29, 0.717) is 18.1 Å². The van der Waals surface area contributed by atoms with E-state index in [9.17, 15) is 5.11 Å². The predicted molar refractivity (Wildman–Crippen MR) is 74.9 cm³/mol. The third kappa shape index (κ3) is 2.28. The summed E-state index contributed by atoms with van der Waals surface area (Å²) in [5.74, 6) is 0.747. The van der Waals surface area contributed by atoms with Gasteiger partial charge in [0.2, 0.25) is 5.82 Å². The molecule has 0 fully saturated rings. The van der Waals surface area contributed by atoms with E-state index in [4.69, 9.17) is 4.52 Å². The Morgan fingerprint density at radius 2 is 2.10 bits per heavy atom. The largest absolute Gasteiger partial charge is 0.385 e. The number of hydrogen-bond acceptors (Lipinski definition) is 5. The van der Waals surface area contributed by atoms with Crippen LogP contribution < -0.4 is 0 Å². The lowest BCUT2D eigenvalue weighted by molar-refractivity contribution is 0.153. The SMILES string of the molecule is CCCC(O)c1noc(-c2ccnc3ccccc23)n1. The quantitative estimate of drug-likeness (QED) is 0.787. The van der Waals surface area contributed by atoms with E-state index < -0.39 is 6.10 Å². The molecule has 102 valence electrons. The van der Waals surface area contributed by atoms with Crippen LogP contribution in [0, 0.1) is 0 Å². The molecule has 3 aromatic rings. The number of para-hydroxylation sites is 1. The normalized spacial score (nSPS) is 12.7. The molecule has 1 atom stereocenters. The van der Waals surface area contributed by atoms with Gasteiger partial charge in [-0.1, -0.05) is 36.7 Å². The molecule has 1 unspecified atom stereocenters. The van der Waals surface area contributed by atoms with Crippen LogP contribution in [0.3, 0.4) is 0 Å². The van der Waals surface area contributed by atoms with E-state index in [1.807, 2.05) is 37.3 Å². The molecule has 0 bridgehead atoms. The van der Waals surface area contributed by atoms with Gasteiger partial charge >= 0.3 is 0 Å². The molecule has 5 heteroatoms. The minimum Gasteiger partial charge on any atom is -0.385 e. The van der Waals surface area contributed by atoms with Crippen molar-refractivity contribution in [3.8, 4) is 11.5 Å². The molecule has 0 spiro atoms. The number of benzene rings is 1. The molecule has 0 amide bonds. The number of aromatic nitrogens is 3. The molecule has 2 heterocycles. The first-order valence-corrected chi connectivity index (χ1v) is 6.65. The second kappa shape index (κ2) is 5.38. The van der Waals surface area contributed by atoms with Crippen molar-refractivity contribution < 1.29 is 9.63 Å². The maximum atomic E-state index is 9.90. The second-order valence-electron chi connectivity index (χ2n) is 4.64. The van der Waals surface area contributed by atoms with Gasteiger partial charge in [-0.3, -0.25) is 4.98 Å². The zero-order valence-electron chi connectivity index (χ0n) is 11.2. The van der Waals surface area contributed by atoms with E-state index in [1.165, 1.54) is 0 Å². The van der Waals surface area contributed by atoms with Crippen LogP contribution in [-0.4, -0.2) is 20.2 Å². The Balaban J connectivity index is 2.03. The molecule has 0 aliphatic carbocycles. The van der Waals surface area contributed by atoms with Gasteiger partial charge in [-0.25, -0.2) is 0 Å². The maximum Gasteiger partial charge on any atom is 0.258 e. The smallest absolute Gasteiger partial charge is 0.258 e. The topological polar surface area (TPSA) is 72.0 Å². The summed E-state index contributed by atoms with van der Waals surface area (Å²) < 4.78 is 5.28. The van der Waals surface area contributed by atoms with Crippen molar-refractivity contribution in [3.05, 3.63) is 42.4 Å². The fraction of sp³-hybridized carbons (Fsp3) is 0.267. The highest BCUT2D eigenvalue weighted by Crippen LogP contribution is 2.27. The fourth-order valence-electron chi connectivity index (χ4n) is 2.16. The van der Waals surface area contributed by atoms with Crippen LogP contribution >= 0.6 is 0 Å². The lowest BCUT2D eigenvalue weighted by Crippen LogP contribution is -1.98. The highest BCUT2D eigenvalue weighted by Gasteiger charge is 2.17. The maximum absolute atomic E-state index is 9.90. The molecular formula is C15H15N3O2. The van der Waals surface area contributed by atoms with Gasteiger partial charge in [0.05, 0.1) is 11.1 Å². The van der Waals surface area contributed by atoms with Crippen LogP contribution in [0.4, 0.5) is 0 Å². The molecule has 20 heavy (non-hydrogen) atoms. The van der Waals surface area contributed by atoms with Crippen LogP contribution in [0.2, 0.25) is 0 Å². The minimum absolute atomic E-state index is 0.336. The predicted octanol–water partition coefficient (Wildman–Crippen LogP) is 3.12. The summed E-state index contributed by atoms with van der Waals surface area (Å²) in [4.78, 5) is 8.59. The van der Waals surface area contributed by atoms with Crippen LogP contribution in [0.5, 0.6) is 0 Å². The number of fused-ring (bicyclic) bond motifs is 1. The minimum atomic E-state index is -0.675. The molecule has 0 saturated heterocycles. The van der Waals surface area contributed by atoms with Gasteiger partial charge in [0.25, 0.3) is 5.89 Å². The van der Waals surface area contributed by atoms with Crippen LogP contribution in [-0.2, 0) is 0 Å². The summed E-state index contributed by atoms with van der Waals surface area (Å²) in [5.41, 5.74) is 1.71. The molecule has 1 N–H and O–H groups in total. The monoisotopic (exact) mass is 269 g/mol. The zero-order chi connectivity index (χ0) is 13.9. The average Bonchev–Trinajstić information content (AvgIpc) is 2.97. The van der Waals surface area contributed by atoms with Gasteiger partial charge in [0.15, 0.2) is 0 Å². The molecule has 1 aromatic carbocycles. The van der Waals surface area contributed by atoms with Gasteiger partial charge in [0, 0.05) is 11.6 Å². The number of pyridine rings is 1. The number of rotatable bonds is 4. The number of hydrogen-bond donors (Lipinski definition) is 1. The van der Waals surface area contributed by atoms with Crippen molar-refractivity contribution in [2.24, 2.45) is 0 Å². The van der Waals surface area contributed by atoms with Gasteiger partial charge in [-0.15, -0.1) is 0 Å². The van der Waals surface area contributed by atoms with Crippen molar-refractivity contribution in [2.75, 3.05) is 0 Å². The standard InChI is InChI=1S/C15H15N3O2/c1-2-5-13(19)14-17-15(20-18-14)11-8-9-16-12-7-4-3-6-10(11)12/h3-4,6-9,13,19H,2,5H2,1H3. The highest BCUT2D eigenvalue weighted by atomic mass is 16.5. The van der Waals surface area contributed by atoms with Crippen molar-refractivity contribution in [1.82, 2.24) is 15.1 Å². The van der Waals surface area contributed by atoms with E-state index in [2.05, 4.69) is 15.1 Å². The Morgan fingerprint density at radius 3 is 2.95 bits per heavy atom. The molecular weight excluding hydrogens is 254 g/mol. The van der Waals surface area contributed by atoms with Gasteiger partial charge < -0.3 is 9.63 Å². The average molecular weight is 269 g/mol. The van der Waals surface area contributed by atoms with E-state index in [-0.39, 0.29) is 0 Å².